The van der Waals surface area contributed by atoms with E-state index < -0.39 is 17.8 Å². The zero-order valence-corrected chi connectivity index (χ0v) is 15.9. The van der Waals surface area contributed by atoms with Gasteiger partial charge in [-0.05, 0) is 48.0 Å². The van der Waals surface area contributed by atoms with E-state index in [1.165, 1.54) is 22.9 Å². The molecule has 0 radical (unpaired) electrons. The van der Waals surface area contributed by atoms with Gasteiger partial charge in [0.15, 0.2) is 0 Å². The summed E-state index contributed by atoms with van der Waals surface area (Å²) >= 11 is 5.99. The van der Waals surface area contributed by atoms with Crippen LogP contribution in [0.2, 0.25) is 5.02 Å². The number of pyridine rings is 1. The van der Waals surface area contributed by atoms with Crippen LogP contribution in [0, 0.1) is 0 Å². The summed E-state index contributed by atoms with van der Waals surface area (Å²) in [5, 5.41) is 11.6. The number of imidazole rings is 1. The molecular formula is C20H13ClF3N3O3. The number of benzene rings is 2. The Kier molecular flexibility index (Phi) is 4.90. The zero-order chi connectivity index (χ0) is 21.5. The predicted molar refractivity (Wildman–Crippen MR) is 104 cm³/mol. The largest absolute Gasteiger partial charge is 0.573 e. The minimum absolute atomic E-state index is 0.148. The van der Waals surface area contributed by atoms with Gasteiger partial charge in [-0.25, -0.2) is 9.36 Å². The van der Waals surface area contributed by atoms with Gasteiger partial charge in [-0.2, -0.15) is 0 Å². The highest BCUT2D eigenvalue weighted by Gasteiger charge is 2.31. The maximum atomic E-state index is 12.8. The van der Waals surface area contributed by atoms with Crippen molar-refractivity contribution in [2.24, 2.45) is 0 Å². The average molecular weight is 436 g/mol. The Morgan fingerprint density at radius 2 is 1.83 bits per heavy atom. The molecule has 154 valence electrons. The van der Waals surface area contributed by atoms with Crippen LogP contribution < -0.4 is 10.4 Å². The molecule has 0 saturated heterocycles. The van der Waals surface area contributed by atoms with Crippen molar-refractivity contribution in [1.82, 2.24) is 14.1 Å². The highest BCUT2D eigenvalue weighted by Crippen LogP contribution is 2.25. The Morgan fingerprint density at radius 1 is 1.10 bits per heavy atom. The Balaban J connectivity index is 1.67. The summed E-state index contributed by atoms with van der Waals surface area (Å²) in [6.07, 6.45) is -1.97. The van der Waals surface area contributed by atoms with Crippen LogP contribution in [-0.2, 0) is 6.54 Å². The molecule has 0 atom stereocenters. The van der Waals surface area contributed by atoms with Gasteiger partial charge in [0.25, 0.3) is 0 Å². The molecule has 30 heavy (non-hydrogen) atoms. The Labute approximate surface area is 172 Å². The molecule has 6 nitrogen and oxygen atoms in total. The molecule has 10 heteroatoms. The second-order valence-corrected chi connectivity index (χ2v) is 6.84. The molecule has 0 bridgehead atoms. The number of aromatic nitrogens is 3. The van der Waals surface area contributed by atoms with Crippen LogP contribution in [0.3, 0.4) is 0 Å². The minimum Gasteiger partial charge on any atom is -0.493 e. The fraction of sp³-hybridized carbons (Fsp3) is 0.100. The van der Waals surface area contributed by atoms with Gasteiger partial charge in [-0.15, -0.1) is 13.2 Å². The van der Waals surface area contributed by atoms with Crippen LogP contribution in [0.5, 0.6) is 11.6 Å². The number of nitrogens with zero attached hydrogens (tertiary/aromatic N) is 3. The second kappa shape index (κ2) is 7.42. The third-order valence-corrected chi connectivity index (χ3v) is 4.64. The van der Waals surface area contributed by atoms with E-state index in [0.717, 1.165) is 27.6 Å². The zero-order valence-electron chi connectivity index (χ0n) is 15.1. The number of hydrogen-bond acceptors (Lipinski definition) is 4. The SMILES string of the molecule is O=c1n(Cc2ccnc3cc(Cl)ccc23)cc(O)n1-c1ccc(OC(F)(F)F)cc1. The van der Waals surface area contributed by atoms with E-state index in [4.69, 9.17) is 11.6 Å². The highest BCUT2D eigenvalue weighted by molar-refractivity contribution is 6.31. The van der Waals surface area contributed by atoms with E-state index in [-0.39, 0.29) is 18.1 Å². The molecule has 0 aliphatic rings. The molecular weight excluding hydrogens is 423 g/mol. The molecule has 0 spiro atoms. The van der Waals surface area contributed by atoms with Crippen molar-refractivity contribution in [3.8, 4) is 17.3 Å². The first-order valence-corrected chi connectivity index (χ1v) is 8.99. The molecule has 2 aromatic heterocycles. The predicted octanol–water partition coefficient (Wildman–Crippen LogP) is 4.49. The van der Waals surface area contributed by atoms with E-state index in [1.807, 2.05) is 0 Å². The van der Waals surface area contributed by atoms with Gasteiger partial charge in [-0.1, -0.05) is 17.7 Å². The number of aromatic hydroxyl groups is 1. The molecule has 0 amide bonds. The fourth-order valence-electron chi connectivity index (χ4n) is 3.13. The molecule has 0 fully saturated rings. The first-order chi connectivity index (χ1) is 14.2. The lowest BCUT2D eigenvalue weighted by Gasteiger charge is -2.09. The summed E-state index contributed by atoms with van der Waals surface area (Å²) < 4.78 is 43.0. The lowest BCUT2D eigenvalue weighted by Crippen LogP contribution is -2.23. The number of halogens is 4. The van der Waals surface area contributed by atoms with E-state index in [0.29, 0.717) is 10.5 Å². The van der Waals surface area contributed by atoms with Crippen molar-refractivity contribution in [3.63, 3.8) is 0 Å². The van der Waals surface area contributed by atoms with Crippen LogP contribution >= 0.6 is 11.6 Å². The van der Waals surface area contributed by atoms with Crippen LogP contribution in [0.4, 0.5) is 13.2 Å². The molecule has 2 heterocycles. The second-order valence-electron chi connectivity index (χ2n) is 6.41. The maximum Gasteiger partial charge on any atom is 0.573 e. The average Bonchev–Trinajstić information content (AvgIpc) is 2.94. The van der Waals surface area contributed by atoms with Crippen molar-refractivity contribution in [1.29, 1.82) is 0 Å². The summed E-state index contributed by atoms with van der Waals surface area (Å²) in [6.45, 7) is 0.148. The van der Waals surface area contributed by atoms with Crippen LogP contribution in [0.25, 0.3) is 16.6 Å². The van der Waals surface area contributed by atoms with Gasteiger partial charge in [0.2, 0.25) is 5.88 Å². The molecule has 2 aromatic carbocycles. The van der Waals surface area contributed by atoms with Crippen molar-refractivity contribution >= 4 is 22.5 Å². The van der Waals surface area contributed by atoms with Gasteiger partial charge < -0.3 is 9.84 Å². The quantitative estimate of drug-likeness (QED) is 0.512. The number of hydrogen-bond donors (Lipinski definition) is 1. The van der Waals surface area contributed by atoms with Crippen LogP contribution in [0.15, 0.2) is 65.7 Å². The molecule has 0 unspecified atom stereocenters. The number of fused-ring (bicyclic) bond motifs is 1. The first kappa shape index (κ1) is 19.8. The van der Waals surface area contributed by atoms with Gasteiger partial charge in [-0.3, -0.25) is 9.55 Å². The lowest BCUT2D eigenvalue weighted by molar-refractivity contribution is -0.274. The van der Waals surface area contributed by atoms with Crippen molar-refractivity contribution < 1.29 is 23.0 Å². The molecule has 0 aliphatic heterocycles. The topological polar surface area (TPSA) is 69.3 Å². The van der Waals surface area contributed by atoms with Crippen molar-refractivity contribution in [3.05, 3.63) is 82.0 Å². The monoisotopic (exact) mass is 435 g/mol. The molecule has 1 N–H and O–H groups in total. The van der Waals surface area contributed by atoms with Gasteiger partial charge in [0.1, 0.15) is 5.75 Å². The molecule has 0 aliphatic carbocycles. The van der Waals surface area contributed by atoms with Gasteiger partial charge in [0.05, 0.1) is 23.9 Å². The van der Waals surface area contributed by atoms with E-state index in [2.05, 4.69) is 9.72 Å². The number of rotatable bonds is 4. The van der Waals surface area contributed by atoms with Crippen LogP contribution in [0.1, 0.15) is 5.56 Å². The van der Waals surface area contributed by atoms with Crippen molar-refractivity contribution in [2.75, 3.05) is 0 Å². The standard InChI is InChI=1S/C20H13ClF3N3O3/c21-13-1-6-16-12(7-8-25-17(16)9-13)10-26-11-18(28)27(19(26)29)14-2-4-15(5-3-14)30-20(22,23)24/h1-9,11,28H,10H2. The van der Waals surface area contributed by atoms with E-state index >= 15 is 0 Å². The number of ether oxygens (including phenoxy) is 1. The third-order valence-electron chi connectivity index (χ3n) is 4.40. The van der Waals surface area contributed by atoms with Crippen LogP contribution in [-0.4, -0.2) is 25.6 Å². The van der Waals surface area contributed by atoms with Gasteiger partial charge >= 0.3 is 12.1 Å². The summed E-state index contributed by atoms with van der Waals surface area (Å²) in [7, 11) is 0. The fourth-order valence-corrected chi connectivity index (χ4v) is 3.30. The molecule has 4 aromatic rings. The van der Waals surface area contributed by atoms with E-state index in [1.54, 1.807) is 30.5 Å². The lowest BCUT2D eigenvalue weighted by atomic mass is 10.1. The summed E-state index contributed by atoms with van der Waals surface area (Å²) in [6, 6.07) is 11.6. The third kappa shape index (κ3) is 3.97. The Hall–Kier alpha value is -3.46. The molecule has 4 rings (SSSR count). The first-order valence-electron chi connectivity index (χ1n) is 8.62. The van der Waals surface area contributed by atoms with Gasteiger partial charge in [0, 0.05) is 16.6 Å². The number of alkyl halides is 3. The highest BCUT2D eigenvalue weighted by atomic mass is 35.5. The Morgan fingerprint density at radius 3 is 2.53 bits per heavy atom. The smallest absolute Gasteiger partial charge is 0.493 e. The Bertz CT molecular complexity index is 1280. The maximum absolute atomic E-state index is 12.8. The van der Waals surface area contributed by atoms with E-state index in [9.17, 15) is 23.1 Å². The minimum atomic E-state index is -4.82. The van der Waals surface area contributed by atoms with Crippen molar-refractivity contribution in [2.45, 2.75) is 12.9 Å². The molecule has 0 saturated carbocycles. The summed E-state index contributed by atoms with van der Waals surface area (Å²) in [4.78, 5) is 17.1. The summed E-state index contributed by atoms with van der Waals surface area (Å²) in [5.41, 5.74) is 1.08. The summed E-state index contributed by atoms with van der Waals surface area (Å²) in [5.74, 6) is -0.786. The normalized spacial score (nSPS) is 11.7.